The smallest absolute Gasteiger partial charge is 0.407 e. The van der Waals surface area contributed by atoms with E-state index in [0.717, 1.165) is 90.6 Å². The van der Waals surface area contributed by atoms with E-state index in [1.165, 1.54) is 7.11 Å². The number of likely N-dealkylation sites (tertiary alicyclic amines) is 1. The predicted molar refractivity (Wildman–Crippen MR) is 184 cm³/mol. The predicted octanol–water partition coefficient (Wildman–Crippen LogP) is 5.74. The van der Waals surface area contributed by atoms with Crippen LogP contribution in [0.5, 0.6) is 0 Å². The molecule has 0 saturated carbocycles. The number of benzene rings is 2. The average molecular weight is 668 g/mol. The van der Waals surface area contributed by atoms with E-state index >= 15 is 0 Å². The van der Waals surface area contributed by atoms with Crippen LogP contribution in [0.3, 0.4) is 0 Å². The highest BCUT2D eigenvalue weighted by Gasteiger charge is 2.43. The average Bonchev–Trinajstić information content (AvgIpc) is 3.93. The Kier molecular flexibility index (Phi) is 9.53. The third-order valence-electron chi connectivity index (χ3n) is 9.89. The topological polar surface area (TPSA) is 146 Å². The molecule has 258 valence electrons. The first kappa shape index (κ1) is 33.0. The molecular weight excluding hydrogens is 622 g/mol. The lowest BCUT2D eigenvalue weighted by Crippen LogP contribution is -2.51. The molecule has 3 fully saturated rings. The zero-order chi connectivity index (χ0) is 34.0. The van der Waals surface area contributed by atoms with Gasteiger partial charge in [-0.3, -0.25) is 4.79 Å². The quantitative estimate of drug-likeness (QED) is 0.186. The monoisotopic (exact) mass is 667 g/mol. The molecule has 12 heteroatoms. The number of imidazole rings is 2. The van der Waals surface area contributed by atoms with Gasteiger partial charge in [-0.15, -0.1) is 0 Å². The Morgan fingerprint density at radius 1 is 0.878 bits per heavy atom. The van der Waals surface area contributed by atoms with E-state index in [4.69, 9.17) is 14.2 Å². The highest BCUT2D eigenvalue weighted by Crippen LogP contribution is 2.36. The minimum absolute atomic E-state index is 0.0581. The number of rotatable bonds is 8. The Bertz CT molecular complexity index is 1740. The fourth-order valence-corrected chi connectivity index (χ4v) is 7.10. The first-order valence-corrected chi connectivity index (χ1v) is 17.3. The van der Waals surface area contributed by atoms with E-state index < -0.39 is 17.9 Å². The Hall–Kier alpha value is -4.52. The first-order chi connectivity index (χ1) is 23.8. The lowest BCUT2D eigenvalue weighted by molar-refractivity contribution is -0.212. The Labute approximate surface area is 286 Å². The maximum Gasteiger partial charge on any atom is 0.407 e. The SMILES string of the molecule is COC(=O)N[C@H](C(=O)N1CCCC1c1ncc(-c2ccc(-c3ccc(-c4cnc([C@@H]5CC6(CN5)OCCCCO6)[nH]4)cc3)cc2)[nH]1)C(C)C. The number of aromatic amines is 2. The first-order valence-electron chi connectivity index (χ1n) is 17.3. The second-order valence-electron chi connectivity index (χ2n) is 13.5. The molecule has 4 N–H and O–H groups in total. The molecule has 49 heavy (non-hydrogen) atoms. The van der Waals surface area contributed by atoms with Gasteiger partial charge in [-0.25, -0.2) is 14.8 Å². The molecule has 0 aliphatic carbocycles. The maximum atomic E-state index is 13.5. The Balaban J connectivity index is 0.993. The number of alkyl carbamates (subject to hydrolysis) is 1. The largest absolute Gasteiger partial charge is 0.453 e. The van der Waals surface area contributed by atoms with Crippen LogP contribution in [-0.2, 0) is 19.0 Å². The summed E-state index contributed by atoms with van der Waals surface area (Å²) in [5.41, 5.74) is 6.16. The van der Waals surface area contributed by atoms with E-state index in [1.54, 1.807) is 0 Å². The van der Waals surface area contributed by atoms with Crippen molar-refractivity contribution in [3.05, 3.63) is 72.6 Å². The van der Waals surface area contributed by atoms with Crippen LogP contribution in [-0.4, -0.2) is 82.1 Å². The number of ether oxygens (including phenoxy) is 3. The second kappa shape index (κ2) is 14.1. The molecule has 1 unspecified atom stereocenters. The molecule has 3 saturated heterocycles. The third-order valence-corrected chi connectivity index (χ3v) is 9.89. The van der Waals surface area contributed by atoms with Gasteiger partial charge in [0.05, 0.1) is 62.7 Å². The fraction of sp³-hybridized carbons (Fsp3) is 0.459. The summed E-state index contributed by atoms with van der Waals surface area (Å²) < 4.78 is 16.9. The molecule has 7 rings (SSSR count). The van der Waals surface area contributed by atoms with E-state index in [0.29, 0.717) is 13.1 Å². The number of H-pyrrole nitrogens is 2. The normalized spacial score (nSPS) is 21.2. The summed E-state index contributed by atoms with van der Waals surface area (Å²) >= 11 is 0. The van der Waals surface area contributed by atoms with Crippen LogP contribution >= 0.6 is 0 Å². The van der Waals surface area contributed by atoms with Crippen molar-refractivity contribution in [1.29, 1.82) is 0 Å². The highest BCUT2D eigenvalue weighted by molar-refractivity contribution is 5.86. The number of carbonyl (C=O) groups is 2. The molecule has 5 heterocycles. The molecular formula is C37H45N7O5. The van der Waals surface area contributed by atoms with E-state index in [9.17, 15) is 9.59 Å². The number of carbonyl (C=O) groups excluding carboxylic acids is 2. The van der Waals surface area contributed by atoms with Crippen molar-refractivity contribution in [2.75, 3.05) is 33.4 Å². The van der Waals surface area contributed by atoms with Crippen LogP contribution in [0.2, 0.25) is 0 Å². The molecule has 2 aromatic carbocycles. The number of methoxy groups -OCH3 is 1. The van der Waals surface area contributed by atoms with Crippen molar-refractivity contribution in [3.8, 4) is 33.6 Å². The van der Waals surface area contributed by atoms with Crippen LogP contribution < -0.4 is 10.6 Å². The number of aromatic nitrogens is 4. The lowest BCUT2D eigenvalue weighted by atomic mass is 10.0. The van der Waals surface area contributed by atoms with Crippen molar-refractivity contribution in [1.82, 2.24) is 35.5 Å². The van der Waals surface area contributed by atoms with E-state index in [-0.39, 0.29) is 23.9 Å². The molecule has 3 atom stereocenters. The number of hydrogen-bond donors (Lipinski definition) is 4. The van der Waals surface area contributed by atoms with Gasteiger partial charge < -0.3 is 39.7 Å². The van der Waals surface area contributed by atoms with Crippen LogP contribution in [0.4, 0.5) is 4.79 Å². The maximum absolute atomic E-state index is 13.5. The van der Waals surface area contributed by atoms with Crippen LogP contribution in [0.25, 0.3) is 33.6 Å². The van der Waals surface area contributed by atoms with Crippen LogP contribution in [0.15, 0.2) is 60.9 Å². The van der Waals surface area contributed by atoms with Gasteiger partial charge in [-0.05, 0) is 53.9 Å². The molecule has 3 aliphatic heterocycles. The number of hydrogen-bond acceptors (Lipinski definition) is 8. The summed E-state index contributed by atoms with van der Waals surface area (Å²) in [7, 11) is 1.30. The third kappa shape index (κ3) is 6.99. The van der Waals surface area contributed by atoms with Crippen molar-refractivity contribution >= 4 is 12.0 Å². The van der Waals surface area contributed by atoms with Gasteiger partial charge in [0.2, 0.25) is 5.91 Å². The molecule has 3 aliphatic rings. The molecule has 12 nitrogen and oxygen atoms in total. The molecule has 1 spiro atoms. The minimum Gasteiger partial charge on any atom is -0.453 e. The molecule has 0 bridgehead atoms. The van der Waals surface area contributed by atoms with Gasteiger partial charge in [0.25, 0.3) is 0 Å². The van der Waals surface area contributed by atoms with Crippen LogP contribution in [0.1, 0.15) is 69.7 Å². The van der Waals surface area contributed by atoms with Crippen molar-refractivity contribution < 1.29 is 23.8 Å². The van der Waals surface area contributed by atoms with E-state index in [2.05, 4.69) is 79.1 Å². The molecule has 2 amide bonds. The summed E-state index contributed by atoms with van der Waals surface area (Å²) in [6.07, 6.45) is 7.58. The second-order valence-corrected chi connectivity index (χ2v) is 13.5. The van der Waals surface area contributed by atoms with Crippen molar-refractivity contribution in [2.24, 2.45) is 5.92 Å². The lowest BCUT2D eigenvalue weighted by Gasteiger charge is -2.30. The molecule has 4 aromatic rings. The highest BCUT2D eigenvalue weighted by atomic mass is 16.7. The summed E-state index contributed by atoms with van der Waals surface area (Å²) in [5, 5.41) is 6.23. The summed E-state index contributed by atoms with van der Waals surface area (Å²) in [5.74, 6) is 0.886. The van der Waals surface area contributed by atoms with E-state index in [1.807, 2.05) is 31.1 Å². The van der Waals surface area contributed by atoms with Gasteiger partial charge in [0.1, 0.15) is 17.7 Å². The van der Waals surface area contributed by atoms with Crippen molar-refractivity contribution in [3.63, 3.8) is 0 Å². The minimum atomic E-state index is -0.667. The van der Waals surface area contributed by atoms with Crippen LogP contribution in [0, 0.1) is 5.92 Å². The molecule has 2 aromatic heterocycles. The zero-order valence-corrected chi connectivity index (χ0v) is 28.3. The van der Waals surface area contributed by atoms with Gasteiger partial charge in [-0.1, -0.05) is 62.4 Å². The number of amides is 2. The Morgan fingerprint density at radius 3 is 2.04 bits per heavy atom. The summed E-state index contributed by atoms with van der Waals surface area (Å²) in [6, 6.07) is 16.1. The number of nitrogens with zero attached hydrogens (tertiary/aromatic N) is 3. The Morgan fingerprint density at radius 2 is 1.45 bits per heavy atom. The summed E-state index contributed by atoms with van der Waals surface area (Å²) in [4.78, 5) is 43.5. The van der Waals surface area contributed by atoms with Gasteiger partial charge in [0.15, 0.2) is 5.79 Å². The molecule has 0 radical (unpaired) electrons. The van der Waals surface area contributed by atoms with Crippen molar-refractivity contribution in [2.45, 2.75) is 69.9 Å². The van der Waals surface area contributed by atoms with Gasteiger partial charge in [0, 0.05) is 13.0 Å². The zero-order valence-electron chi connectivity index (χ0n) is 28.3. The standard InChI is InChI=1S/C37H45N7O5/c1-23(2)32(43-36(46)47-3)35(45)44-16-6-7-31(44)34-39-21-30(42-34)27-14-10-25(11-15-27)24-8-12-26(13-9-24)29-20-38-33(41-29)28-19-37(22-40-28)48-17-4-5-18-49-37/h8-15,20-21,23,28,31-32,40H,4-7,16-19,22H2,1-3H3,(H,38,41)(H,39,42)(H,43,46)/t28-,31?,32-/m0/s1. The fourth-order valence-electron chi connectivity index (χ4n) is 7.10. The number of nitrogens with one attached hydrogen (secondary N) is 4. The summed E-state index contributed by atoms with van der Waals surface area (Å²) in [6.45, 7) is 6.57. The van der Waals surface area contributed by atoms with Gasteiger partial charge >= 0.3 is 6.09 Å². The van der Waals surface area contributed by atoms with Gasteiger partial charge in [-0.2, -0.15) is 0 Å².